The van der Waals surface area contributed by atoms with Crippen molar-refractivity contribution in [3.05, 3.63) is 54.3 Å². The SMILES string of the molecule is C=C=CC(CC(NC(=O)c1ccccc1)C(=O)O)C(=O)OC. The van der Waals surface area contributed by atoms with Gasteiger partial charge in [0.05, 0.1) is 13.0 Å². The summed E-state index contributed by atoms with van der Waals surface area (Å²) in [4.78, 5) is 34.9. The van der Waals surface area contributed by atoms with E-state index in [9.17, 15) is 19.5 Å². The van der Waals surface area contributed by atoms with Gasteiger partial charge in [-0.25, -0.2) is 4.79 Å². The molecular formula is C16H17NO5. The molecule has 2 N–H and O–H groups in total. The lowest BCUT2D eigenvalue weighted by Gasteiger charge is -2.17. The maximum atomic E-state index is 12.0. The minimum Gasteiger partial charge on any atom is -0.480 e. The van der Waals surface area contributed by atoms with Crippen LogP contribution in [0.25, 0.3) is 0 Å². The van der Waals surface area contributed by atoms with Gasteiger partial charge in [0.15, 0.2) is 0 Å². The van der Waals surface area contributed by atoms with Crippen molar-refractivity contribution in [1.82, 2.24) is 5.32 Å². The summed E-state index contributed by atoms with van der Waals surface area (Å²) in [6.45, 7) is 3.35. The largest absolute Gasteiger partial charge is 0.480 e. The third kappa shape index (κ3) is 4.92. The summed E-state index contributed by atoms with van der Waals surface area (Å²) in [6.07, 6.45) is 1.17. The number of ether oxygens (including phenoxy) is 1. The number of rotatable bonds is 7. The van der Waals surface area contributed by atoms with Crippen molar-refractivity contribution in [3.63, 3.8) is 0 Å². The van der Waals surface area contributed by atoms with Crippen molar-refractivity contribution in [3.8, 4) is 0 Å². The van der Waals surface area contributed by atoms with Gasteiger partial charge in [-0.2, -0.15) is 0 Å². The van der Waals surface area contributed by atoms with Gasteiger partial charge in [-0.1, -0.05) is 24.8 Å². The molecule has 6 nitrogen and oxygen atoms in total. The van der Waals surface area contributed by atoms with Crippen LogP contribution in [-0.2, 0) is 14.3 Å². The number of carboxylic acid groups (broad SMARTS) is 1. The summed E-state index contributed by atoms with van der Waals surface area (Å²) in [5.41, 5.74) is 2.77. The number of carbonyl (C=O) groups excluding carboxylic acids is 2. The molecule has 1 aromatic rings. The Hall–Kier alpha value is -2.85. The number of carboxylic acids is 1. The van der Waals surface area contributed by atoms with Crippen LogP contribution >= 0.6 is 0 Å². The lowest BCUT2D eigenvalue weighted by Crippen LogP contribution is -2.42. The Morgan fingerprint density at radius 1 is 1.36 bits per heavy atom. The number of hydrogen-bond acceptors (Lipinski definition) is 4. The highest BCUT2D eigenvalue weighted by Crippen LogP contribution is 2.12. The molecule has 1 rings (SSSR count). The van der Waals surface area contributed by atoms with Crippen molar-refractivity contribution in [2.75, 3.05) is 7.11 Å². The van der Waals surface area contributed by atoms with Gasteiger partial charge in [0.1, 0.15) is 6.04 Å². The third-order valence-electron chi connectivity index (χ3n) is 2.95. The van der Waals surface area contributed by atoms with Crippen molar-refractivity contribution >= 4 is 17.8 Å². The molecule has 1 amide bonds. The van der Waals surface area contributed by atoms with E-state index in [0.29, 0.717) is 5.56 Å². The summed E-state index contributed by atoms with van der Waals surface area (Å²) in [7, 11) is 1.20. The molecule has 6 heteroatoms. The van der Waals surface area contributed by atoms with E-state index in [4.69, 9.17) is 0 Å². The number of methoxy groups -OCH3 is 1. The zero-order valence-electron chi connectivity index (χ0n) is 12.1. The molecular weight excluding hydrogens is 286 g/mol. The van der Waals surface area contributed by atoms with Crippen molar-refractivity contribution in [2.45, 2.75) is 12.5 Å². The number of esters is 1. The van der Waals surface area contributed by atoms with E-state index in [1.165, 1.54) is 13.2 Å². The maximum Gasteiger partial charge on any atom is 0.326 e. The first-order valence-corrected chi connectivity index (χ1v) is 6.52. The Bertz CT molecular complexity index is 590. The van der Waals surface area contributed by atoms with Gasteiger partial charge < -0.3 is 15.2 Å². The van der Waals surface area contributed by atoms with Gasteiger partial charge in [0.2, 0.25) is 0 Å². The molecule has 0 spiro atoms. The first-order chi connectivity index (χ1) is 10.5. The third-order valence-corrected chi connectivity index (χ3v) is 2.95. The number of benzene rings is 1. The van der Waals surface area contributed by atoms with Crippen LogP contribution in [0.2, 0.25) is 0 Å². The van der Waals surface area contributed by atoms with Crippen LogP contribution in [0.5, 0.6) is 0 Å². The normalized spacial score (nSPS) is 12.4. The smallest absolute Gasteiger partial charge is 0.326 e. The van der Waals surface area contributed by atoms with E-state index in [1.807, 2.05) is 0 Å². The van der Waals surface area contributed by atoms with Crippen LogP contribution < -0.4 is 5.32 Å². The Balaban J connectivity index is 2.85. The van der Waals surface area contributed by atoms with E-state index in [2.05, 4.69) is 22.4 Å². The standard InChI is InChI=1S/C16H17NO5/c1-3-7-12(16(21)22-2)10-13(15(19)20)17-14(18)11-8-5-4-6-9-11/h4-9,12-13H,1,10H2,2H3,(H,17,18)(H,19,20). The molecule has 1 aromatic carbocycles. The molecule has 0 heterocycles. The molecule has 0 radical (unpaired) electrons. The fourth-order valence-corrected chi connectivity index (χ4v) is 1.83. The van der Waals surface area contributed by atoms with Crippen LogP contribution in [0.1, 0.15) is 16.8 Å². The zero-order valence-corrected chi connectivity index (χ0v) is 12.1. The second-order valence-corrected chi connectivity index (χ2v) is 4.47. The van der Waals surface area contributed by atoms with Crippen molar-refractivity contribution in [1.29, 1.82) is 0 Å². The molecule has 116 valence electrons. The summed E-state index contributed by atoms with van der Waals surface area (Å²) < 4.78 is 4.59. The van der Waals surface area contributed by atoms with Gasteiger partial charge in [0.25, 0.3) is 5.91 Å². The van der Waals surface area contributed by atoms with Crippen LogP contribution in [0, 0.1) is 5.92 Å². The van der Waals surface area contributed by atoms with Crippen molar-refractivity contribution in [2.24, 2.45) is 5.92 Å². The predicted molar refractivity (Wildman–Crippen MR) is 79.2 cm³/mol. The molecule has 0 saturated heterocycles. The molecule has 0 fully saturated rings. The summed E-state index contributed by atoms with van der Waals surface area (Å²) in [5.74, 6) is -3.23. The number of nitrogens with one attached hydrogen (secondary N) is 1. The van der Waals surface area contributed by atoms with Gasteiger partial charge in [-0.15, -0.1) is 5.73 Å². The molecule has 2 unspecified atom stereocenters. The maximum absolute atomic E-state index is 12.0. The highest BCUT2D eigenvalue weighted by molar-refractivity contribution is 5.96. The lowest BCUT2D eigenvalue weighted by atomic mass is 9.99. The average Bonchev–Trinajstić information content (AvgIpc) is 2.53. The quantitative estimate of drug-likeness (QED) is 0.586. The number of hydrogen-bond donors (Lipinski definition) is 2. The number of carbonyl (C=O) groups is 3. The van der Waals surface area contributed by atoms with E-state index >= 15 is 0 Å². The average molecular weight is 303 g/mol. The van der Waals surface area contributed by atoms with E-state index in [0.717, 1.165) is 0 Å². The Kier molecular flexibility index (Phi) is 6.60. The molecule has 2 atom stereocenters. The number of aliphatic carboxylic acids is 1. The molecule has 0 saturated carbocycles. The van der Waals surface area contributed by atoms with Gasteiger partial charge in [0, 0.05) is 5.56 Å². The fourth-order valence-electron chi connectivity index (χ4n) is 1.83. The van der Waals surface area contributed by atoms with Crippen LogP contribution in [0.4, 0.5) is 0 Å². The summed E-state index contributed by atoms with van der Waals surface area (Å²) >= 11 is 0. The lowest BCUT2D eigenvalue weighted by molar-refractivity contribution is -0.145. The Morgan fingerprint density at radius 3 is 2.50 bits per heavy atom. The monoisotopic (exact) mass is 303 g/mol. The highest BCUT2D eigenvalue weighted by atomic mass is 16.5. The van der Waals surface area contributed by atoms with E-state index in [1.54, 1.807) is 30.3 Å². The van der Waals surface area contributed by atoms with E-state index in [-0.39, 0.29) is 6.42 Å². The summed E-state index contributed by atoms with van der Waals surface area (Å²) in [5, 5.41) is 11.6. The summed E-state index contributed by atoms with van der Waals surface area (Å²) in [6, 6.07) is 6.98. The molecule has 0 aliphatic carbocycles. The highest BCUT2D eigenvalue weighted by Gasteiger charge is 2.27. The molecule has 0 aromatic heterocycles. The van der Waals surface area contributed by atoms with Gasteiger partial charge in [-0.05, 0) is 24.6 Å². The second-order valence-electron chi connectivity index (χ2n) is 4.47. The molecule has 0 aliphatic heterocycles. The molecule has 0 aliphatic rings. The first-order valence-electron chi connectivity index (χ1n) is 6.52. The van der Waals surface area contributed by atoms with Crippen LogP contribution in [0.15, 0.2) is 48.7 Å². The second kappa shape index (κ2) is 8.44. The van der Waals surface area contributed by atoms with Crippen LogP contribution in [-0.4, -0.2) is 36.1 Å². The molecule has 22 heavy (non-hydrogen) atoms. The zero-order chi connectivity index (χ0) is 16.5. The van der Waals surface area contributed by atoms with E-state index < -0.39 is 29.8 Å². The minimum atomic E-state index is -1.24. The minimum absolute atomic E-state index is 0.150. The van der Waals surface area contributed by atoms with Crippen LogP contribution in [0.3, 0.4) is 0 Å². The topological polar surface area (TPSA) is 92.7 Å². The molecule has 0 bridgehead atoms. The number of amides is 1. The van der Waals surface area contributed by atoms with Crippen molar-refractivity contribution < 1.29 is 24.2 Å². The Labute approximate surface area is 128 Å². The van der Waals surface area contributed by atoms with Gasteiger partial charge >= 0.3 is 11.9 Å². The first kappa shape index (κ1) is 17.2. The van der Waals surface area contributed by atoms with Gasteiger partial charge in [-0.3, -0.25) is 9.59 Å². The fraction of sp³-hybridized carbons (Fsp3) is 0.250. The predicted octanol–water partition coefficient (Wildman–Crippen LogP) is 1.39. The Morgan fingerprint density at radius 2 is 2.00 bits per heavy atom.